The maximum absolute atomic E-state index is 2.56. The molecule has 10 rings (SSSR count). The van der Waals surface area contributed by atoms with E-state index in [-0.39, 0.29) is 17.3 Å². The van der Waals surface area contributed by atoms with Gasteiger partial charge in [0.1, 0.15) is 0 Å². The Kier molecular flexibility index (Phi) is 11.5. The summed E-state index contributed by atoms with van der Waals surface area (Å²) in [6.07, 6.45) is 0. The van der Waals surface area contributed by atoms with Gasteiger partial charge in [-0.05, 0) is 138 Å². The van der Waals surface area contributed by atoms with E-state index in [1.54, 1.807) is 0 Å². The van der Waals surface area contributed by atoms with Gasteiger partial charge in [-0.25, -0.2) is 0 Å². The number of nitrogens with zero attached hydrogens (tertiary/aromatic N) is 2. The Balaban J connectivity index is 1.33. The van der Waals surface area contributed by atoms with Crippen LogP contribution in [0.3, 0.4) is 0 Å². The van der Waals surface area contributed by atoms with E-state index < -0.39 is 0 Å². The second-order valence-corrected chi connectivity index (χ2v) is 20.3. The van der Waals surface area contributed by atoms with E-state index in [9.17, 15) is 0 Å². The van der Waals surface area contributed by atoms with Gasteiger partial charge in [0.2, 0.25) is 0 Å². The van der Waals surface area contributed by atoms with Crippen LogP contribution in [0.2, 0.25) is 0 Å². The lowest BCUT2D eigenvalue weighted by Crippen LogP contribution is -2.20. The van der Waals surface area contributed by atoms with Crippen molar-refractivity contribution in [2.45, 2.75) is 85.5 Å². The summed E-state index contributed by atoms with van der Waals surface area (Å²) in [5, 5.41) is 7.79. The highest BCUT2D eigenvalue weighted by molar-refractivity contribution is 6.29. The Bertz CT molecular complexity index is 3340. The molecule has 0 amide bonds. The highest BCUT2D eigenvalue weighted by atomic mass is 15.2. The molecular weight excluding hydrogens is 809 g/mol. The maximum atomic E-state index is 2.56. The van der Waals surface area contributed by atoms with Crippen molar-refractivity contribution < 1.29 is 0 Å². The Morgan fingerprint density at radius 1 is 0.313 bits per heavy atom. The van der Waals surface area contributed by atoms with Gasteiger partial charge in [0.25, 0.3) is 0 Å². The molecular formula is C65H62N2. The van der Waals surface area contributed by atoms with Crippen LogP contribution in [0.4, 0.5) is 34.1 Å². The molecule has 0 N–H and O–H groups in total. The molecule has 10 aromatic rings. The third-order valence-corrected chi connectivity index (χ3v) is 13.8. The Morgan fingerprint density at radius 3 is 1.10 bits per heavy atom. The van der Waals surface area contributed by atoms with E-state index in [0.717, 1.165) is 11.4 Å². The van der Waals surface area contributed by atoms with Crippen molar-refractivity contribution in [1.29, 1.82) is 0 Å². The number of benzene rings is 10. The minimum Gasteiger partial charge on any atom is -0.310 e. The molecule has 10 aromatic carbocycles. The maximum Gasteiger partial charge on any atom is 0.0543 e. The minimum absolute atomic E-state index is 0.128. The topological polar surface area (TPSA) is 6.48 Å². The molecule has 332 valence electrons. The fraction of sp³-hybridized carbons (Fsp3) is 0.200. The molecule has 0 aliphatic heterocycles. The van der Waals surface area contributed by atoms with Crippen LogP contribution in [0.5, 0.6) is 0 Å². The van der Waals surface area contributed by atoms with E-state index in [1.165, 1.54) is 99.6 Å². The zero-order valence-electron chi connectivity index (χ0n) is 40.6. The zero-order valence-corrected chi connectivity index (χ0v) is 40.6. The first-order valence-electron chi connectivity index (χ1n) is 24.3. The summed E-state index contributed by atoms with van der Waals surface area (Å²) in [5.74, 6) is 0.854. The molecule has 0 aliphatic carbocycles. The summed E-state index contributed by atoms with van der Waals surface area (Å²) in [5.41, 5.74) is 17.1. The van der Waals surface area contributed by atoms with E-state index in [4.69, 9.17) is 0 Å². The molecule has 0 spiro atoms. The van der Waals surface area contributed by atoms with Crippen molar-refractivity contribution in [3.63, 3.8) is 0 Å². The lowest BCUT2D eigenvalue weighted by molar-refractivity contribution is 0.591. The smallest absolute Gasteiger partial charge is 0.0543 e. The van der Waals surface area contributed by atoms with Gasteiger partial charge in [0.05, 0.1) is 22.7 Å². The predicted molar refractivity (Wildman–Crippen MR) is 291 cm³/mol. The number of rotatable bonds is 11. The predicted octanol–water partition coefficient (Wildman–Crippen LogP) is 19.5. The largest absolute Gasteiger partial charge is 0.310 e. The Hall–Kier alpha value is -7.16. The van der Waals surface area contributed by atoms with E-state index >= 15 is 0 Å². The van der Waals surface area contributed by atoms with Crippen LogP contribution >= 0.6 is 0 Å². The Labute approximate surface area is 398 Å². The van der Waals surface area contributed by atoms with Crippen molar-refractivity contribution in [2.75, 3.05) is 9.80 Å². The van der Waals surface area contributed by atoms with Gasteiger partial charge in [-0.2, -0.15) is 0 Å². The monoisotopic (exact) mass is 870 g/mol. The first kappa shape index (κ1) is 43.7. The molecule has 0 bridgehead atoms. The van der Waals surface area contributed by atoms with Crippen LogP contribution in [-0.4, -0.2) is 0 Å². The highest BCUT2D eigenvalue weighted by Crippen LogP contribution is 2.53. The average Bonchev–Trinajstić information content (AvgIpc) is 3.34. The first-order valence-corrected chi connectivity index (χ1v) is 24.3. The SMILES string of the molecule is CC(C)c1ccc(-c2ccccc2)cc1N(c1ccccc1)c1cc(C(C)C)c2ccc3c(N(c4ccccc4)c4cc(-c5ccccc5)ccc4C(C)(C)C)cc(C(C)C)c4ccc1c2c43. The summed E-state index contributed by atoms with van der Waals surface area (Å²) in [4.78, 5) is 5.13. The molecule has 2 nitrogen and oxygen atoms in total. The molecule has 0 saturated heterocycles. The molecule has 0 atom stereocenters. The van der Waals surface area contributed by atoms with E-state index in [1.807, 2.05) is 0 Å². The van der Waals surface area contributed by atoms with Gasteiger partial charge in [0, 0.05) is 22.1 Å². The number of hydrogen-bond acceptors (Lipinski definition) is 2. The first-order chi connectivity index (χ1) is 32.4. The summed E-state index contributed by atoms with van der Waals surface area (Å²) in [7, 11) is 0. The molecule has 0 aliphatic rings. The molecule has 67 heavy (non-hydrogen) atoms. The van der Waals surface area contributed by atoms with Crippen molar-refractivity contribution in [2.24, 2.45) is 0 Å². The lowest BCUT2D eigenvalue weighted by atomic mass is 9.82. The summed E-state index contributed by atoms with van der Waals surface area (Å²) in [6, 6.07) is 72.6. The Morgan fingerprint density at radius 2 is 0.687 bits per heavy atom. The van der Waals surface area contributed by atoms with Gasteiger partial charge < -0.3 is 9.80 Å². The van der Waals surface area contributed by atoms with Crippen molar-refractivity contribution in [1.82, 2.24) is 0 Å². The minimum atomic E-state index is -0.128. The van der Waals surface area contributed by atoms with Crippen molar-refractivity contribution in [3.8, 4) is 22.3 Å². The zero-order chi connectivity index (χ0) is 46.6. The number of para-hydroxylation sites is 2. The van der Waals surface area contributed by atoms with Crippen molar-refractivity contribution >= 4 is 66.4 Å². The molecule has 0 heterocycles. The van der Waals surface area contributed by atoms with Crippen LogP contribution in [-0.2, 0) is 5.41 Å². The summed E-state index contributed by atoms with van der Waals surface area (Å²) < 4.78 is 0. The lowest BCUT2D eigenvalue weighted by Gasteiger charge is -2.35. The van der Waals surface area contributed by atoms with Crippen LogP contribution in [0.15, 0.2) is 194 Å². The standard InChI is InChI=1S/C65H62N2/c1-42(2)51-32-30-47(45-22-14-10-15-23-45)38-59(51)66(49-26-18-12-19-27-49)60-40-56(43(3)4)52-34-36-55-61(41-57(44(5)6)53-33-35-54(60)63(52)64(53)55)67(50-28-20-13-21-29-50)62-39-48(46-24-16-11-17-25-46)31-37-58(62)65(7,8)9/h10-44H,1-9H3. The van der Waals surface area contributed by atoms with E-state index in [0.29, 0.717) is 5.92 Å². The fourth-order valence-corrected chi connectivity index (χ4v) is 10.5. The van der Waals surface area contributed by atoms with Crippen LogP contribution in [0.1, 0.15) is 102 Å². The van der Waals surface area contributed by atoms with E-state index in [2.05, 4.69) is 266 Å². The van der Waals surface area contributed by atoms with Crippen LogP contribution in [0, 0.1) is 0 Å². The summed E-state index contributed by atoms with van der Waals surface area (Å²) >= 11 is 0. The molecule has 0 unspecified atom stereocenters. The molecule has 0 fully saturated rings. The van der Waals surface area contributed by atoms with Gasteiger partial charge in [-0.15, -0.1) is 0 Å². The molecule has 2 heteroatoms. The van der Waals surface area contributed by atoms with Gasteiger partial charge in [0.15, 0.2) is 0 Å². The van der Waals surface area contributed by atoms with Crippen LogP contribution in [0.25, 0.3) is 54.6 Å². The third kappa shape index (κ3) is 7.93. The van der Waals surface area contributed by atoms with Gasteiger partial charge >= 0.3 is 0 Å². The molecule has 0 radical (unpaired) electrons. The second kappa shape index (κ2) is 17.6. The number of anilines is 6. The highest BCUT2D eigenvalue weighted by Gasteiger charge is 2.29. The fourth-order valence-electron chi connectivity index (χ4n) is 10.5. The second-order valence-electron chi connectivity index (χ2n) is 20.3. The van der Waals surface area contributed by atoms with Crippen molar-refractivity contribution in [3.05, 3.63) is 216 Å². The molecule has 0 aromatic heterocycles. The quantitative estimate of drug-likeness (QED) is 0.120. The van der Waals surface area contributed by atoms with Gasteiger partial charge in [-0.3, -0.25) is 0 Å². The number of hydrogen-bond donors (Lipinski definition) is 0. The average molecular weight is 871 g/mol. The summed E-state index contributed by atoms with van der Waals surface area (Å²) in [6.45, 7) is 21.1. The van der Waals surface area contributed by atoms with Crippen LogP contribution < -0.4 is 9.80 Å². The normalized spacial score (nSPS) is 12.1. The molecule has 0 saturated carbocycles. The van der Waals surface area contributed by atoms with Gasteiger partial charge in [-0.1, -0.05) is 208 Å². The third-order valence-electron chi connectivity index (χ3n) is 13.8.